The smallest absolute Gasteiger partial charge is 0.331 e. The van der Waals surface area contributed by atoms with Crippen molar-refractivity contribution in [1.82, 2.24) is 0 Å². The summed E-state index contributed by atoms with van der Waals surface area (Å²) >= 11 is 0. The number of hydrogen-bond donors (Lipinski definition) is 1. The quantitative estimate of drug-likeness (QED) is 0.228. The predicted molar refractivity (Wildman–Crippen MR) is 145 cm³/mol. The van der Waals surface area contributed by atoms with Crippen LogP contribution in [0.25, 0.3) is 0 Å². The van der Waals surface area contributed by atoms with Crippen molar-refractivity contribution in [3.8, 4) is 0 Å². The Morgan fingerprint density at radius 3 is 2.59 bits per heavy atom. The molecule has 41 heavy (non-hydrogen) atoms. The highest BCUT2D eigenvalue weighted by molar-refractivity contribution is 5.83. The zero-order valence-electron chi connectivity index (χ0n) is 24.3. The molecule has 0 amide bonds. The zero-order chi connectivity index (χ0) is 29.6. The second kappa shape index (κ2) is 11.1. The van der Waals surface area contributed by atoms with Gasteiger partial charge in [-0.2, -0.15) is 0 Å². The first-order valence-electron chi connectivity index (χ1n) is 14.3. The predicted octanol–water partition coefficient (Wildman–Crippen LogP) is 2.88. The molecule has 2 bridgehead atoms. The maximum absolute atomic E-state index is 13.1. The standard InChI is InChI=1S/C31H40O10/c1-18-10-11-36-22(20(3)32)8-6-7-9-27(34)41-24-14-26-31(17-38-31)29(24,5)30(16-37-28(35)12-18)15-23(39-21(4)33)19(2)13-25(30)40-26/h6-9,12-13,20,22-26,32H,10-11,14-17H2,1-5H3/b8-6?,9-7-,18-12-/t20-,22-,23+,24-,25-,26-,29-,30-,31?/m1/s1. The number of aliphatic hydroxyl groups excluding tert-OH is 1. The maximum Gasteiger partial charge on any atom is 0.331 e. The van der Waals surface area contributed by atoms with Gasteiger partial charge in [0.1, 0.15) is 30.5 Å². The van der Waals surface area contributed by atoms with E-state index in [2.05, 4.69) is 0 Å². The minimum atomic E-state index is -0.916. The molecular weight excluding hydrogens is 532 g/mol. The van der Waals surface area contributed by atoms with E-state index in [4.69, 9.17) is 28.4 Å². The van der Waals surface area contributed by atoms with Crippen LogP contribution in [-0.4, -0.2) is 85.1 Å². The number of allylic oxidation sites excluding steroid dienone is 2. The molecule has 0 aromatic heterocycles. The van der Waals surface area contributed by atoms with E-state index >= 15 is 0 Å². The first kappa shape index (κ1) is 29.7. The molecule has 3 fully saturated rings. The molecule has 9 atom stereocenters. The van der Waals surface area contributed by atoms with Gasteiger partial charge in [-0.25, -0.2) is 9.59 Å². The number of carbonyl (C=O) groups is 3. The third-order valence-electron chi connectivity index (χ3n) is 9.62. The van der Waals surface area contributed by atoms with Gasteiger partial charge in [-0.15, -0.1) is 0 Å². The number of esters is 3. The minimum absolute atomic E-state index is 0.0522. The van der Waals surface area contributed by atoms with Gasteiger partial charge in [0, 0.05) is 31.9 Å². The Hall–Kier alpha value is -2.79. The molecule has 0 aromatic carbocycles. The van der Waals surface area contributed by atoms with Gasteiger partial charge in [-0.05, 0) is 32.8 Å². The maximum atomic E-state index is 13.1. The molecule has 5 aliphatic rings. The van der Waals surface area contributed by atoms with Crippen molar-refractivity contribution in [2.45, 2.75) is 96.1 Å². The lowest BCUT2D eigenvalue weighted by Gasteiger charge is -2.59. The zero-order valence-corrected chi connectivity index (χ0v) is 24.3. The van der Waals surface area contributed by atoms with Crippen LogP contribution in [-0.2, 0) is 42.8 Å². The molecule has 1 saturated carbocycles. The highest BCUT2D eigenvalue weighted by Gasteiger charge is 2.83. The fourth-order valence-electron chi connectivity index (χ4n) is 7.17. The number of aliphatic hydroxyl groups is 1. The molecule has 2 aliphatic carbocycles. The van der Waals surface area contributed by atoms with E-state index in [9.17, 15) is 19.5 Å². The van der Waals surface area contributed by atoms with Crippen LogP contribution in [0.5, 0.6) is 0 Å². The van der Waals surface area contributed by atoms with Gasteiger partial charge < -0.3 is 33.5 Å². The topological polar surface area (TPSA) is 130 Å². The molecular formula is C31H40O10. The van der Waals surface area contributed by atoms with E-state index in [-0.39, 0.29) is 19.3 Å². The Morgan fingerprint density at radius 1 is 1.15 bits per heavy atom. The molecule has 10 nitrogen and oxygen atoms in total. The lowest BCUT2D eigenvalue weighted by Crippen LogP contribution is -2.68. The summed E-state index contributed by atoms with van der Waals surface area (Å²) in [7, 11) is 0. The van der Waals surface area contributed by atoms with Crippen molar-refractivity contribution >= 4 is 17.9 Å². The van der Waals surface area contributed by atoms with Crippen molar-refractivity contribution in [3.63, 3.8) is 0 Å². The van der Waals surface area contributed by atoms with Crippen molar-refractivity contribution in [1.29, 1.82) is 0 Å². The highest BCUT2D eigenvalue weighted by Crippen LogP contribution is 2.72. The van der Waals surface area contributed by atoms with E-state index in [1.165, 1.54) is 19.1 Å². The minimum Gasteiger partial charge on any atom is -0.462 e. The summed E-state index contributed by atoms with van der Waals surface area (Å²) in [6.07, 6.45) is 7.43. The summed E-state index contributed by atoms with van der Waals surface area (Å²) in [5.74, 6) is -1.48. The van der Waals surface area contributed by atoms with Crippen LogP contribution in [0.4, 0.5) is 0 Å². The van der Waals surface area contributed by atoms with Crippen LogP contribution in [0.1, 0.15) is 53.9 Å². The van der Waals surface area contributed by atoms with E-state index in [1.54, 1.807) is 25.2 Å². The summed E-state index contributed by atoms with van der Waals surface area (Å²) in [5, 5.41) is 10.1. The lowest BCUT2D eigenvalue weighted by atomic mass is 9.51. The van der Waals surface area contributed by atoms with E-state index < -0.39 is 64.9 Å². The van der Waals surface area contributed by atoms with Gasteiger partial charge in [-0.1, -0.05) is 36.8 Å². The van der Waals surface area contributed by atoms with Crippen molar-refractivity contribution in [3.05, 3.63) is 47.6 Å². The summed E-state index contributed by atoms with van der Waals surface area (Å²) in [6.45, 7) is 9.36. The van der Waals surface area contributed by atoms with Gasteiger partial charge in [0.05, 0.1) is 42.4 Å². The Bertz CT molecular complexity index is 1190. The van der Waals surface area contributed by atoms with Crippen LogP contribution in [0, 0.1) is 10.8 Å². The SMILES string of the molecule is CC(=O)O[C@H]1C[C@@]23COC(=O)/C=C(/C)CCO[C@@H]([C@@H](C)O)C=C/C=C\C(=O)O[C@@H]4C[C@@H](O[C@@H]2C=C1C)C1(CO1)[C@]43C. The molecule has 1 unspecified atom stereocenters. The third kappa shape index (κ3) is 5.20. The molecule has 2 spiro atoms. The van der Waals surface area contributed by atoms with Crippen LogP contribution in [0.15, 0.2) is 47.6 Å². The Labute approximate surface area is 240 Å². The fraction of sp³-hybridized carbons (Fsp3) is 0.645. The molecule has 0 aromatic rings. The van der Waals surface area contributed by atoms with Crippen LogP contribution >= 0.6 is 0 Å². The molecule has 3 aliphatic heterocycles. The fourth-order valence-corrected chi connectivity index (χ4v) is 7.17. The molecule has 3 heterocycles. The Balaban J connectivity index is 1.55. The first-order chi connectivity index (χ1) is 19.4. The Morgan fingerprint density at radius 2 is 1.90 bits per heavy atom. The van der Waals surface area contributed by atoms with E-state index in [0.29, 0.717) is 25.9 Å². The van der Waals surface area contributed by atoms with E-state index in [0.717, 1.165) is 11.1 Å². The number of epoxide rings is 1. The first-order valence-corrected chi connectivity index (χ1v) is 14.3. The average Bonchev–Trinajstić information content (AvgIpc) is 3.67. The summed E-state index contributed by atoms with van der Waals surface area (Å²) in [6, 6.07) is 0. The molecule has 1 N–H and O–H groups in total. The number of carbonyl (C=O) groups excluding carboxylic acids is 3. The number of hydrogen-bond acceptors (Lipinski definition) is 10. The van der Waals surface area contributed by atoms with Crippen molar-refractivity contribution in [2.75, 3.05) is 19.8 Å². The molecule has 224 valence electrons. The van der Waals surface area contributed by atoms with Gasteiger partial charge in [0.25, 0.3) is 0 Å². The third-order valence-corrected chi connectivity index (χ3v) is 9.62. The summed E-state index contributed by atoms with van der Waals surface area (Å²) in [5.41, 5.74) is -0.846. The molecule has 0 radical (unpaired) electrons. The Kier molecular flexibility index (Phi) is 8.06. The number of cyclic esters (lactones) is 1. The second-order valence-electron chi connectivity index (χ2n) is 12.1. The van der Waals surface area contributed by atoms with Crippen LogP contribution in [0.3, 0.4) is 0 Å². The molecule has 2 saturated heterocycles. The van der Waals surface area contributed by atoms with Gasteiger partial charge in [-0.3, -0.25) is 4.79 Å². The van der Waals surface area contributed by atoms with Crippen LogP contribution < -0.4 is 0 Å². The summed E-state index contributed by atoms with van der Waals surface area (Å²) < 4.78 is 36.3. The van der Waals surface area contributed by atoms with Crippen molar-refractivity contribution < 1.29 is 47.9 Å². The lowest BCUT2D eigenvalue weighted by molar-refractivity contribution is -0.239. The molecule has 10 heteroatoms. The number of rotatable bonds is 2. The monoisotopic (exact) mass is 572 g/mol. The highest BCUT2D eigenvalue weighted by atomic mass is 16.6. The summed E-state index contributed by atoms with van der Waals surface area (Å²) in [4.78, 5) is 38.2. The van der Waals surface area contributed by atoms with E-state index in [1.807, 2.05) is 26.8 Å². The number of ether oxygens (including phenoxy) is 6. The van der Waals surface area contributed by atoms with Gasteiger partial charge in [0.2, 0.25) is 0 Å². The largest absolute Gasteiger partial charge is 0.462 e. The molecule has 5 rings (SSSR count). The average molecular weight is 573 g/mol. The normalized spacial score (nSPS) is 43.7. The van der Waals surface area contributed by atoms with Crippen LogP contribution in [0.2, 0.25) is 0 Å². The second-order valence-corrected chi connectivity index (χ2v) is 12.1. The van der Waals surface area contributed by atoms with Crippen molar-refractivity contribution in [2.24, 2.45) is 10.8 Å². The van der Waals surface area contributed by atoms with Gasteiger partial charge >= 0.3 is 17.9 Å². The van der Waals surface area contributed by atoms with Gasteiger partial charge in [0.15, 0.2) is 0 Å².